The zero-order valence-corrected chi connectivity index (χ0v) is 15.3. The molecule has 1 atom stereocenters. The lowest BCUT2D eigenvalue weighted by Gasteiger charge is -2.16. The summed E-state index contributed by atoms with van der Waals surface area (Å²) < 4.78 is 0. The predicted octanol–water partition coefficient (Wildman–Crippen LogP) is 5.29. The van der Waals surface area contributed by atoms with Crippen molar-refractivity contribution < 1.29 is 4.79 Å². The first kappa shape index (κ1) is 17.3. The Morgan fingerprint density at radius 2 is 1.83 bits per heavy atom. The summed E-state index contributed by atoms with van der Waals surface area (Å²) in [5.41, 5.74) is 4.88. The summed E-state index contributed by atoms with van der Waals surface area (Å²) in [6.07, 6.45) is 4.47. The number of carbonyl (C=O) groups is 1. The van der Waals surface area contributed by atoms with Crippen molar-refractivity contribution in [1.82, 2.24) is 5.32 Å². The van der Waals surface area contributed by atoms with Crippen LogP contribution in [0.4, 0.5) is 0 Å². The Balaban J connectivity index is 1.58. The van der Waals surface area contributed by atoms with Crippen molar-refractivity contribution >= 4 is 29.1 Å². The average molecular weight is 362 g/mol. The highest BCUT2D eigenvalue weighted by atomic mass is 35.5. The molecular weight excluding hydrogens is 341 g/mol. The maximum atomic E-state index is 12.3. The summed E-state index contributed by atoms with van der Waals surface area (Å²) in [6.45, 7) is 2.02. The largest absolute Gasteiger partial charge is 0.350 e. The van der Waals surface area contributed by atoms with Gasteiger partial charge in [-0.1, -0.05) is 47.5 Å². The topological polar surface area (TPSA) is 29.1 Å². The Morgan fingerprint density at radius 1 is 1.12 bits per heavy atom. The molecule has 3 rings (SSSR count). The number of hydrogen-bond donors (Lipinski definition) is 1. The maximum absolute atomic E-state index is 12.3. The first-order chi connectivity index (χ1) is 11.5. The van der Waals surface area contributed by atoms with Crippen LogP contribution in [0.2, 0.25) is 10.0 Å². The van der Waals surface area contributed by atoms with E-state index in [0.717, 1.165) is 12.0 Å². The first-order valence-corrected chi connectivity index (χ1v) is 9.14. The van der Waals surface area contributed by atoms with E-state index in [2.05, 4.69) is 23.5 Å². The van der Waals surface area contributed by atoms with E-state index in [-0.39, 0.29) is 11.9 Å². The smallest absolute Gasteiger partial charge is 0.220 e. The molecule has 1 amide bonds. The van der Waals surface area contributed by atoms with Gasteiger partial charge in [-0.15, -0.1) is 0 Å². The highest BCUT2D eigenvalue weighted by Gasteiger charge is 2.15. The standard InChI is InChI=1S/C20H21Cl2NO/c1-13(15-9-8-14-4-2-5-16(14)12-15)23-20(24)11-10-17-18(21)6-3-7-19(17)22/h3,6-9,12-13H,2,4-5,10-11H2,1H3,(H,23,24)/t13-/m1/s1. The zero-order valence-electron chi connectivity index (χ0n) is 13.7. The third-order valence-corrected chi connectivity index (χ3v) is 5.37. The van der Waals surface area contributed by atoms with Crippen molar-refractivity contribution in [3.8, 4) is 0 Å². The van der Waals surface area contributed by atoms with Gasteiger partial charge in [0.1, 0.15) is 0 Å². The Hall–Kier alpha value is -1.51. The fourth-order valence-electron chi connectivity index (χ4n) is 3.27. The number of nitrogens with one attached hydrogen (secondary N) is 1. The number of aryl methyl sites for hydroxylation is 2. The monoisotopic (exact) mass is 361 g/mol. The van der Waals surface area contributed by atoms with Crippen LogP contribution >= 0.6 is 23.2 Å². The van der Waals surface area contributed by atoms with Gasteiger partial charge < -0.3 is 5.32 Å². The van der Waals surface area contributed by atoms with Crippen molar-refractivity contribution in [3.63, 3.8) is 0 Å². The Bertz CT molecular complexity index is 737. The SMILES string of the molecule is C[C@@H](NC(=O)CCc1c(Cl)cccc1Cl)c1ccc2c(c1)CCC2. The summed E-state index contributed by atoms with van der Waals surface area (Å²) in [5, 5.41) is 4.30. The second-order valence-corrected chi connectivity index (χ2v) is 7.19. The van der Waals surface area contributed by atoms with E-state index in [9.17, 15) is 4.79 Å². The normalized spacial score (nSPS) is 14.3. The molecule has 2 aromatic carbocycles. The lowest BCUT2D eigenvalue weighted by molar-refractivity contribution is -0.121. The van der Waals surface area contributed by atoms with E-state index in [1.165, 1.54) is 29.5 Å². The third-order valence-electron chi connectivity index (χ3n) is 4.66. The van der Waals surface area contributed by atoms with E-state index in [1.54, 1.807) is 12.1 Å². The minimum atomic E-state index is 0.00474. The molecule has 2 nitrogen and oxygen atoms in total. The van der Waals surface area contributed by atoms with Crippen LogP contribution in [0.5, 0.6) is 0 Å². The van der Waals surface area contributed by atoms with Gasteiger partial charge >= 0.3 is 0 Å². The molecule has 4 heteroatoms. The van der Waals surface area contributed by atoms with Gasteiger partial charge in [-0.2, -0.15) is 0 Å². The Kier molecular flexibility index (Phi) is 5.47. The van der Waals surface area contributed by atoms with Gasteiger partial charge in [0.2, 0.25) is 5.91 Å². The number of amides is 1. The van der Waals surface area contributed by atoms with Crippen molar-refractivity contribution in [2.45, 2.75) is 45.1 Å². The molecule has 0 spiro atoms. The van der Waals surface area contributed by atoms with Crippen LogP contribution in [0.15, 0.2) is 36.4 Å². The number of benzene rings is 2. The van der Waals surface area contributed by atoms with Crippen LogP contribution in [-0.2, 0) is 24.1 Å². The molecule has 24 heavy (non-hydrogen) atoms. The molecule has 0 unspecified atom stereocenters. The molecule has 126 valence electrons. The molecule has 0 aliphatic heterocycles. The van der Waals surface area contributed by atoms with Crippen LogP contribution in [0.3, 0.4) is 0 Å². The van der Waals surface area contributed by atoms with Crippen LogP contribution in [0.1, 0.15) is 48.1 Å². The second kappa shape index (κ2) is 7.58. The molecule has 1 aliphatic carbocycles. The Labute approximate surface area is 153 Å². The molecule has 0 saturated carbocycles. The van der Waals surface area contributed by atoms with Crippen molar-refractivity contribution in [3.05, 3.63) is 68.7 Å². The molecular formula is C20H21Cl2NO. The number of rotatable bonds is 5. The lowest BCUT2D eigenvalue weighted by atomic mass is 10.0. The molecule has 1 aliphatic rings. The summed E-state index contributed by atoms with van der Waals surface area (Å²) >= 11 is 12.3. The predicted molar refractivity (Wildman–Crippen MR) is 99.8 cm³/mol. The van der Waals surface area contributed by atoms with Gasteiger partial charge in [-0.3, -0.25) is 4.79 Å². The van der Waals surface area contributed by atoms with Crippen LogP contribution < -0.4 is 5.32 Å². The highest BCUT2D eigenvalue weighted by Crippen LogP contribution is 2.27. The number of halogens is 2. The van der Waals surface area contributed by atoms with E-state index >= 15 is 0 Å². The Morgan fingerprint density at radius 3 is 2.58 bits per heavy atom. The summed E-state index contributed by atoms with van der Waals surface area (Å²) in [4.78, 5) is 12.3. The van der Waals surface area contributed by atoms with E-state index in [0.29, 0.717) is 22.9 Å². The zero-order chi connectivity index (χ0) is 17.1. The van der Waals surface area contributed by atoms with Gasteiger partial charge in [0.15, 0.2) is 0 Å². The van der Waals surface area contributed by atoms with Gasteiger partial charge in [-0.05, 0) is 67.0 Å². The van der Waals surface area contributed by atoms with Crippen LogP contribution in [0.25, 0.3) is 0 Å². The third kappa shape index (κ3) is 3.93. The molecule has 0 heterocycles. The van der Waals surface area contributed by atoms with Crippen LogP contribution in [0, 0.1) is 0 Å². The van der Waals surface area contributed by atoms with Gasteiger partial charge in [0.25, 0.3) is 0 Å². The number of fused-ring (bicyclic) bond motifs is 1. The van der Waals surface area contributed by atoms with Gasteiger partial charge in [-0.25, -0.2) is 0 Å². The summed E-state index contributed by atoms with van der Waals surface area (Å²) in [5.74, 6) is 0.0129. The maximum Gasteiger partial charge on any atom is 0.220 e. The molecule has 1 N–H and O–H groups in total. The minimum absolute atomic E-state index is 0.00474. The first-order valence-electron chi connectivity index (χ1n) is 8.38. The van der Waals surface area contributed by atoms with E-state index in [1.807, 2.05) is 13.0 Å². The molecule has 0 bridgehead atoms. The summed E-state index contributed by atoms with van der Waals surface area (Å²) in [6, 6.07) is 12.0. The highest BCUT2D eigenvalue weighted by molar-refractivity contribution is 6.36. The molecule has 0 fully saturated rings. The van der Waals surface area contributed by atoms with Crippen LogP contribution in [-0.4, -0.2) is 5.91 Å². The molecule has 2 aromatic rings. The fraction of sp³-hybridized carbons (Fsp3) is 0.350. The second-order valence-electron chi connectivity index (χ2n) is 6.37. The number of carbonyl (C=O) groups excluding carboxylic acids is 1. The summed E-state index contributed by atoms with van der Waals surface area (Å²) in [7, 11) is 0. The minimum Gasteiger partial charge on any atom is -0.350 e. The van der Waals surface area contributed by atoms with Gasteiger partial charge in [0.05, 0.1) is 6.04 Å². The van der Waals surface area contributed by atoms with Crippen molar-refractivity contribution in [1.29, 1.82) is 0 Å². The fourth-order valence-corrected chi connectivity index (χ4v) is 3.85. The van der Waals surface area contributed by atoms with Crippen molar-refractivity contribution in [2.24, 2.45) is 0 Å². The average Bonchev–Trinajstić information content (AvgIpc) is 3.01. The van der Waals surface area contributed by atoms with E-state index in [4.69, 9.17) is 23.2 Å². The lowest BCUT2D eigenvalue weighted by Crippen LogP contribution is -2.27. The van der Waals surface area contributed by atoms with Gasteiger partial charge in [0, 0.05) is 16.5 Å². The number of hydrogen-bond acceptors (Lipinski definition) is 1. The molecule has 0 aromatic heterocycles. The van der Waals surface area contributed by atoms with E-state index < -0.39 is 0 Å². The molecule has 0 saturated heterocycles. The van der Waals surface area contributed by atoms with Crippen molar-refractivity contribution in [2.75, 3.05) is 0 Å². The molecule has 0 radical (unpaired) electrons. The quantitative estimate of drug-likeness (QED) is 0.769.